The molecule has 0 atom stereocenters. The van der Waals surface area contributed by atoms with Gasteiger partial charge in [-0.3, -0.25) is 0 Å². The van der Waals surface area contributed by atoms with E-state index in [9.17, 15) is 13.5 Å². The first-order chi connectivity index (χ1) is 16.2. The second-order valence-electron chi connectivity index (χ2n) is 12.7. The molecular weight excluding hydrogens is 476 g/mol. The van der Waals surface area contributed by atoms with E-state index in [1.807, 2.05) is 0 Å². The van der Waals surface area contributed by atoms with Crippen LogP contribution in [0.2, 0.25) is 0 Å². The van der Waals surface area contributed by atoms with Gasteiger partial charge in [0, 0.05) is 6.54 Å². The van der Waals surface area contributed by atoms with Crippen molar-refractivity contribution >= 4 is 21.4 Å². The fourth-order valence-corrected chi connectivity index (χ4v) is 7.40. The molecule has 2 fully saturated rings. The van der Waals surface area contributed by atoms with Gasteiger partial charge >= 0.3 is 0 Å². The predicted molar refractivity (Wildman–Crippen MR) is 145 cm³/mol. The van der Waals surface area contributed by atoms with Crippen molar-refractivity contribution in [1.29, 1.82) is 0 Å². The summed E-state index contributed by atoms with van der Waals surface area (Å²) in [6.45, 7) is 12.2. The molecule has 2 saturated carbocycles. The van der Waals surface area contributed by atoms with Gasteiger partial charge in [0.15, 0.2) is 0 Å². The number of rotatable bonds is 8. The van der Waals surface area contributed by atoms with E-state index in [-0.39, 0.29) is 21.7 Å². The normalized spacial score (nSPS) is 19.2. The van der Waals surface area contributed by atoms with Crippen LogP contribution >= 0.6 is 11.3 Å². The van der Waals surface area contributed by atoms with Gasteiger partial charge in [-0.15, -0.1) is 11.3 Å². The molecule has 0 spiro atoms. The molecule has 35 heavy (non-hydrogen) atoms. The van der Waals surface area contributed by atoms with Crippen LogP contribution in [0.4, 0.5) is 0 Å². The number of nitrogens with one attached hydrogen (secondary N) is 1. The molecule has 194 valence electrons. The van der Waals surface area contributed by atoms with Crippen molar-refractivity contribution in [2.75, 3.05) is 6.54 Å². The number of hydrogen-bond acceptors (Lipinski definition) is 5. The highest BCUT2D eigenvalue weighted by Crippen LogP contribution is 2.50. The third-order valence-electron chi connectivity index (χ3n) is 7.57. The highest BCUT2D eigenvalue weighted by molar-refractivity contribution is 7.91. The number of hydrogen-bond donors (Lipinski definition) is 2. The van der Waals surface area contributed by atoms with Gasteiger partial charge in [-0.25, -0.2) is 18.1 Å². The number of aliphatic hydroxyl groups is 1. The number of thiazole rings is 1. The highest BCUT2D eigenvalue weighted by atomic mass is 32.2. The minimum Gasteiger partial charge on any atom is -0.389 e. The summed E-state index contributed by atoms with van der Waals surface area (Å²) in [4.78, 5) is 5.72. The lowest BCUT2D eigenvalue weighted by molar-refractivity contribution is 0.0857. The zero-order valence-electron chi connectivity index (χ0n) is 22.2. The van der Waals surface area contributed by atoms with Gasteiger partial charge in [-0.1, -0.05) is 65.9 Å². The Kier molecular flexibility index (Phi) is 7.30. The van der Waals surface area contributed by atoms with Crippen molar-refractivity contribution in [3.05, 3.63) is 35.0 Å². The summed E-state index contributed by atoms with van der Waals surface area (Å²) in [6.07, 6.45) is 9.34. The standard InChI is InChI=1S/C28H42N2O3S2/c1-26(2,3)21-15-20(16-22(17-21)28(6)12-13-28)24-23(14-19-10-8-7-9-11-19)30-25(34-24)35(32,33)29-18-27(4,5)31/h15-17,19,29,31H,7-14,18H2,1-6H3. The Morgan fingerprint density at radius 2 is 1.74 bits per heavy atom. The first-order valence-electron chi connectivity index (χ1n) is 13.0. The molecule has 0 unspecified atom stereocenters. The molecule has 0 saturated heterocycles. The molecular formula is C28H42N2O3S2. The Bertz CT molecular complexity index is 1140. The fraction of sp³-hybridized carbons (Fsp3) is 0.679. The van der Waals surface area contributed by atoms with Crippen molar-refractivity contribution in [3.63, 3.8) is 0 Å². The predicted octanol–water partition coefficient (Wildman–Crippen LogP) is 6.33. The monoisotopic (exact) mass is 518 g/mol. The van der Waals surface area contributed by atoms with Crippen molar-refractivity contribution in [3.8, 4) is 10.4 Å². The first-order valence-corrected chi connectivity index (χ1v) is 15.3. The summed E-state index contributed by atoms with van der Waals surface area (Å²) >= 11 is 1.27. The quantitative estimate of drug-likeness (QED) is 0.428. The van der Waals surface area contributed by atoms with Crippen LogP contribution in [0, 0.1) is 5.92 Å². The molecule has 4 rings (SSSR count). The zero-order valence-corrected chi connectivity index (χ0v) is 23.8. The van der Waals surface area contributed by atoms with Crippen molar-refractivity contribution in [2.24, 2.45) is 5.92 Å². The van der Waals surface area contributed by atoms with Crippen LogP contribution in [0.1, 0.15) is 103 Å². The van der Waals surface area contributed by atoms with Gasteiger partial charge in [0.2, 0.25) is 4.34 Å². The molecule has 1 aromatic heterocycles. The lowest BCUT2D eigenvalue weighted by Gasteiger charge is -2.24. The van der Waals surface area contributed by atoms with E-state index in [1.54, 1.807) is 13.8 Å². The Morgan fingerprint density at radius 3 is 2.31 bits per heavy atom. The Hall–Kier alpha value is -1.28. The van der Waals surface area contributed by atoms with Crippen LogP contribution in [0.25, 0.3) is 10.4 Å². The molecule has 2 aliphatic rings. The average Bonchev–Trinajstić information content (AvgIpc) is 3.38. The van der Waals surface area contributed by atoms with Gasteiger partial charge in [-0.05, 0) is 78.7 Å². The third-order valence-corrected chi connectivity index (χ3v) is 10.5. The molecule has 7 heteroatoms. The summed E-state index contributed by atoms with van der Waals surface area (Å²) in [5, 5.41) is 10.1. The molecule has 5 nitrogen and oxygen atoms in total. The van der Waals surface area contributed by atoms with Gasteiger partial charge < -0.3 is 5.11 Å². The summed E-state index contributed by atoms with van der Waals surface area (Å²) in [5.74, 6) is 0.552. The van der Waals surface area contributed by atoms with E-state index < -0.39 is 15.6 Å². The number of nitrogens with zero attached hydrogens (tertiary/aromatic N) is 1. The molecule has 0 amide bonds. The minimum atomic E-state index is -3.81. The molecule has 0 aliphatic heterocycles. The zero-order chi connectivity index (χ0) is 25.6. The van der Waals surface area contributed by atoms with Crippen LogP contribution in [0.3, 0.4) is 0 Å². The largest absolute Gasteiger partial charge is 0.389 e. The SMILES string of the molecule is CC(C)(O)CNS(=O)(=O)c1nc(CC2CCCCC2)c(-c2cc(C(C)(C)C)cc(C3(C)CC3)c2)s1. The molecule has 2 N–H and O–H groups in total. The maximum Gasteiger partial charge on any atom is 0.268 e. The van der Waals surface area contributed by atoms with E-state index in [2.05, 4.69) is 50.6 Å². The molecule has 1 aromatic carbocycles. The maximum absolute atomic E-state index is 13.2. The summed E-state index contributed by atoms with van der Waals surface area (Å²) in [7, 11) is -3.81. The van der Waals surface area contributed by atoms with Gasteiger partial charge in [0.25, 0.3) is 10.0 Å². The Balaban J connectivity index is 1.79. The fourth-order valence-electron chi connectivity index (χ4n) is 4.82. The van der Waals surface area contributed by atoms with E-state index in [4.69, 9.17) is 4.98 Å². The Morgan fingerprint density at radius 1 is 1.09 bits per heavy atom. The Labute approximate surface area is 215 Å². The second kappa shape index (κ2) is 9.55. The van der Waals surface area contributed by atoms with Gasteiger partial charge in [-0.2, -0.15) is 0 Å². The van der Waals surface area contributed by atoms with Crippen molar-refractivity contribution < 1.29 is 13.5 Å². The van der Waals surface area contributed by atoms with E-state index in [0.29, 0.717) is 5.92 Å². The number of benzene rings is 1. The van der Waals surface area contributed by atoms with Crippen LogP contribution < -0.4 is 4.72 Å². The average molecular weight is 519 g/mol. The summed E-state index contributed by atoms with van der Waals surface area (Å²) < 4.78 is 29.0. The van der Waals surface area contributed by atoms with Crippen LogP contribution in [-0.2, 0) is 27.3 Å². The molecule has 0 radical (unpaired) electrons. The lowest BCUT2D eigenvalue weighted by Crippen LogP contribution is -2.38. The van der Waals surface area contributed by atoms with Crippen LogP contribution in [0.15, 0.2) is 22.5 Å². The second-order valence-corrected chi connectivity index (χ2v) is 15.7. The van der Waals surface area contributed by atoms with Crippen molar-refractivity contribution in [2.45, 2.75) is 114 Å². The molecule has 2 aliphatic carbocycles. The topological polar surface area (TPSA) is 79.3 Å². The first kappa shape index (κ1) is 26.8. The van der Waals surface area contributed by atoms with Gasteiger partial charge in [0.1, 0.15) is 0 Å². The van der Waals surface area contributed by atoms with Crippen molar-refractivity contribution in [1.82, 2.24) is 9.71 Å². The summed E-state index contributed by atoms with van der Waals surface area (Å²) in [5.41, 5.74) is 3.70. The van der Waals surface area contributed by atoms with Crippen LogP contribution in [0.5, 0.6) is 0 Å². The van der Waals surface area contributed by atoms with Gasteiger partial charge in [0.05, 0.1) is 16.2 Å². The smallest absolute Gasteiger partial charge is 0.268 e. The molecule has 1 heterocycles. The molecule has 2 aromatic rings. The highest BCUT2D eigenvalue weighted by Gasteiger charge is 2.40. The summed E-state index contributed by atoms with van der Waals surface area (Å²) in [6, 6.07) is 6.87. The van der Waals surface area contributed by atoms with E-state index in [0.717, 1.165) is 22.6 Å². The van der Waals surface area contributed by atoms with E-state index in [1.165, 1.54) is 67.4 Å². The molecule has 0 bridgehead atoms. The number of aromatic nitrogens is 1. The van der Waals surface area contributed by atoms with E-state index >= 15 is 0 Å². The lowest BCUT2D eigenvalue weighted by atomic mass is 9.82. The minimum absolute atomic E-state index is 0.00655. The third kappa shape index (κ3) is 6.54. The maximum atomic E-state index is 13.2. The number of sulfonamides is 1. The van der Waals surface area contributed by atoms with Crippen LogP contribution in [-0.4, -0.2) is 30.7 Å².